The number of carboxylic acids is 1. The zero-order chi connectivity index (χ0) is 13.1. The van der Waals surface area contributed by atoms with Gasteiger partial charge in [-0.1, -0.05) is 0 Å². The van der Waals surface area contributed by atoms with Crippen LogP contribution in [-0.2, 0) is 17.7 Å². The van der Waals surface area contributed by atoms with Crippen molar-refractivity contribution >= 4 is 5.97 Å². The summed E-state index contributed by atoms with van der Waals surface area (Å²) in [4.78, 5) is 17.7. The fourth-order valence-electron chi connectivity index (χ4n) is 2.40. The summed E-state index contributed by atoms with van der Waals surface area (Å²) in [6.45, 7) is 4.94. The molecule has 5 nitrogen and oxygen atoms in total. The number of fused-ring (bicyclic) bond motifs is 1. The summed E-state index contributed by atoms with van der Waals surface area (Å²) in [5.41, 5.74) is 2.97. The van der Waals surface area contributed by atoms with Gasteiger partial charge in [0.2, 0.25) is 0 Å². The van der Waals surface area contributed by atoms with E-state index < -0.39 is 5.97 Å². The Labute approximate surface area is 106 Å². The highest BCUT2D eigenvalue weighted by Gasteiger charge is 2.23. The second-order valence-corrected chi connectivity index (χ2v) is 4.55. The lowest BCUT2D eigenvalue weighted by Gasteiger charge is -2.29. The van der Waals surface area contributed by atoms with Gasteiger partial charge in [-0.15, -0.1) is 0 Å². The first-order valence-corrected chi connectivity index (χ1v) is 6.05. The average Bonchev–Trinajstić information content (AvgIpc) is 2.35. The second-order valence-electron chi connectivity index (χ2n) is 4.55. The molecule has 0 saturated carbocycles. The maximum atomic E-state index is 11.3. The van der Waals surface area contributed by atoms with Crippen molar-refractivity contribution in [1.82, 2.24) is 9.88 Å². The Morgan fingerprint density at radius 2 is 2.39 bits per heavy atom. The van der Waals surface area contributed by atoms with Crippen LogP contribution in [0.1, 0.15) is 27.2 Å². The summed E-state index contributed by atoms with van der Waals surface area (Å²) in [5, 5.41) is 9.26. The van der Waals surface area contributed by atoms with Crippen LogP contribution in [0.4, 0.5) is 0 Å². The van der Waals surface area contributed by atoms with Crippen LogP contribution in [-0.4, -0.2) is 47.8 Å². The molecule has 0 aromatic carbocycles. The van der Waals surface area contributed by atoms with E-state index in [2.05, 4.69) is 9.88 Å². The van der Waals surface area contributed by atoms with Crippen molar-refractivity contribution in [3.8, 4) is 0 Å². The SMILES string of the molecule is COCCN1CCc2c(cnc(C)c2C(=O)O)C1. The highest BCUT2D eigenvalue weighted by Crippen LogP contribution is 2.23. The standard InChI is InChI=1S/C13H18N2O3/c1-9-12(13(16)17)11-3-4-15(5-6-18-2)8-10(11)7-14-9/h7H,3-6,8H2,1-2H3,(H,16,17). The van der Waals surface area contributed by atoms with Gasteiger partial charge in [0.1, 0.15) is 0 Å². The number of nitrogens with zero attached hydrogens (tertiary/aromatic N) is 2. The molecule has 0 aliphatic carbocycles. The normalized spacial score (nSPS) is 15.4. The van der Waals surface area contributed by atoms with Gasteiger partial charge in [-0.25, -0.2) is 4.79 Å². The van der Waals surface area contributed by atoms with Gasteiger partial charge < -0.3 is 9.84 Å². The zero-order valence-electron chi connectivity index (χ0n) is 10.8. The van der Waals surface area contributed by atoms with E-state index in [4.69, 9.17) is 4.74 Å². The van der Waals surface area contributed by atoms with E-state index in [0.717, 1.165) is 37.2 Å². The maximum Gasteiger partial charge on any atom is 0.337 e. The Bertz CT molecular complexity index is 460. The number of hydrogen-bond donors (Lipinski definition) is 1. The van der Waals surface area contributed by atoms with Crippen LogP contribution < -0.4 is 0 Å². The number of carbonyl (C=O) groups is 1. The summed E-state index contributed by atoms with van der Waals surface area (Å²) in [6, 6.07) is 0. The third kappa shape index (κ3) is 2.52. The lowest BCUT2D eigenvalue weighted by Crippen LogP contribution is -2.34. The fourth-order valence-corrected chi connectivity index (χ4v) is 2.40. The van der Waals surface area contributed by atoms with E-state index in [9.17, 15) is 9.90 Å². The first-order valence-electron chi connectivity index (χ1n) is 6.05. The minimum absolute atomic E-state index is 0.388. The first-order chi connectivity index (χ1) is 8.63. The molecular weight excluding hydrogens is 232 g/mol. The number of aryl methyl sites for hydroxylation is 1. The molecule has 1 aromatic heterocycles. The fraction of sp³-hybridized carbons (Fsp3) is 0.538. The lowest BCUT2D eigenvalue weighted by molar-refractivity contribution is 0.0692. The molecule has 98 valence electrons. The summed E-state index contributed by atoms with van der Waals surface area (Å²) in [5.74, 6) is -0.873. The number of aromatic carboxylic acids is 1. The Balaban J connectivity index is 2.24. The predicted molar refractivity (Wildman–Crippen MR) is 66.8 cm³/mol. The molecule has 18 heavy (non-hydrogen) atoms. The molecule has 5 heteroatoms. The van der Waals surface area contributed by atoms with Crippen molar-refractivity contribution in [3.05, 3.63) is 28.6 Å². The van der Waals surface area contributed by atoms with Crippen molar-refractivity contribution in [3.63, 3.8) is 0 Å². The number of carboxylic acid groups (broad SMARTS) is 1. The van der Waals surface area contributed by atoms with Crippen LogP contribution in [0.2, 0.25) is 0 Å². The Morgan fingerprint density at radius 1 is 1.61 bits per heavy atom. The van der Waals surface area contributed by atoms with Crippen molar-refractivity contribution in [2.45, 2.75) is 19.9 Å². The van der Waals surface area contributed by atoms with Crippen molar-refractivity contribution < 1.29 is 14.6 Å². The molecule has 1 N–H and O–H groups in total. The summed E-state index contributed by atoms with van der Waals surface area (Å²) < 4.78 is 5.06. The Hall–Kier alpha value is -1.46. The maximum absolute atomic E-state index is 11.3. The van der Waals surface area contributed by atoms with E-state index in [1.54, 1.807) is 20.2 Å². The lowest BCUT2D eigenvalue weighted by atomic mass is 9.95. The third-order valence-corrected chi connectivity index (χ3v) is 3.36. The predicted octanol–water partition coefficient (Wildman–Crippen LogP) is 1.09. The van der Waals surface area contributed by atoms with Crippen LogP contribution in [0.3, 0.4) is 0 Å². The molecule has 0 unspecified atom stereocenters. The zero-order valence-corrected chi connectivity index (χ0v) is 10.8. The molecule has 1 aliphatic heterocycles. The van der Waals surface area contributed by atoms with E-state index in [0.29, 0.717) is 17.9 Å². The van der Waals surface area contributed by atoms with Gasteiger partial charge in [-0.05, 0) is 24.5 Å². The minimum Gasteiger partial charge on any atom is -0.478 e. The van der Waals surface area contributed by atoms with Gasteiger partial charge in [0.05, 0.1) is 17.9 Å². The van der Waals surface area contributed by atoms with Crippen LogP contribution in [0.5, 0.6) is 0 Å². The molecule has 1 aromatic rings. The molecule has 1 aliphatic rings. The molecule has 0 saturated heterocycles. The molecule has 2 rings (SSSR count). The van der Waals surface area contributed by atoms with Gasteiger partial charge in [0.25, 0.3) is 0 Å². The second kappa shape index (κ2) is 5.46. The van der Waals surface area contributed by atoms with Crippen LogP contribution in [0.25, 0.3) is 0 Å². The van der Waals surface area contributed by atoms with Gasteiger partial charge >= 0.3 is 5.97 Å². The van der Waals surface area contributed by atoms with Crippen LogP contribution in [0, 0.1) is 6.92 Å². The molecular formula is C13H18N2O3. The van der Waals surface area contributed by atoms with E-state index in [1.807, 2.05) is 0 Å². The van der Waals surface area contributed by atoms with Gasteiger partial charge in [-0.3, -0.25) is 9.88 Å². The Kier molecular flexibility index (Phi) is 3.93. The molecule has 0 amide bonds. The molecule has 2 heterocycles. The quantitative estimate of drug-likeness (QED) is 0.866. The van der Waals surface area contributed by atoms with Gasteiger partial charge in [-0.2, -0.15) is 0 Å². The van der Waals surface area contributed by atoms with Crippen LogP contribution >= 0.6 is 0 Å². The van der Waals surface area contributed by atoms with Crippen molar-refractivity contribution in [1.29, 1.82) is 0 Å². The average molecular weight is 250 g/mol. The highest BCUT2D eigenvalue weighted by atomic mass is 16.5. The summed E-state index contributed by atoms with van der Waals surface area (Å²) in [6.07, 6.45) is 2.57. The third-order valence-electron chi connectivity index (χ3n) is 3.36. The van der Waals surface area contributed by atoms with E-state index >= 15 is 0 Å². The summed E-state index contributed by atoms with van der Waals surface area (Å²) >= 11 is 0. The topological polar surface area (TPSA) is 62.7 Å². The monoisotopic (exact) mass is 250 g/mol. The van der Waals surface area contributed by atoms with E-state index in [-0.39, 0.29) is 0 Å². The number of aromatic nitrogens is 1. The number of methoxy groups -OCH3 is 1. The Morgan fingerprint density at radius 3 is 3.06 bits per heavy atom. The minimum atomic E-state index is -0.873. The van der Waals surface area contributed by atoms with Crippen LogP contribution in [0.15, 0.2) is 6.20 Å². The smallest absolute Gasteiger partial charge is 0.337 e. The van der Waals surface area contributed by atoms with Crippen molar-refractivity contribution in [2.75, 3.05) is 26.8 Å². The molecule has 0 radical (unpaired) electrons. The van der Waals surface area contributed by atoms with Gasteiger partial charge in [0.15, 0.2) is 0 Å². The number of hydrogen-bond acceptors (Lipinski definition) is 4. The number of pyridine rings is 1. The summed E-state index contributed by atoms with van der Waals surface area (Å²) in [7, 11) is 1.69. The van der Waals surface area contributed by atoms with Gasteiger partial charge in [0, 0.05) is 32.9 Å². The highest BCUT2D eigenvalue weighted by molar-refractivity contribution is 5.91. The van der Waals surface area contributed by atoms with Crippen molar-refractivity contribution in [2.24, 2.45) is 0 Å². The largest absolute Gasteiger partial charge is 0.478 e. The van der Waals surface area contributed by atoms with E-state index in [1.165, 1.54) is 0 Å². The molecule has 0 fully saturated rings. The number of rotatable bonds is 4. The molecule has 0 spiro atoms. The molecule has 0 bridgehead atoms. The number of ether oxygens (including phenoxy) is 1. The first kappa shape index (κ1) is 13.0. The molecule has 0 atom stereocenters.